The van der Waals surface area contributed by atoms with Crippen molar-refractivity contribution in [2.75, 3.05) is 36.5 Å². The van der Waals surface area contributed by atoms with Crippen LogP contribution >= 0.6 is 0 Å². The van der Waals surface area contributed by atoms with Gasteiger partial charge in [0.15, 0.2) is 0 Å². The van der Waals surface area contributed by atoms with Crippen LogP contribution in [-0.4, -0.2) is 40.0 Å². The van der Waals surface area contributed by atoms with Gasteiger partial charge in [0.25, 0.3) is 0 Å². The second-order valence-corrected chi connectivity index (χ2v) is 7.23. The SMILES string of the molecule is Cc1cc(N)ccc1NCCS(=O)(=O)NCC1CCCO1. The first-order chi connectivity index (χ1) is 9.96. The number of sulfonamides is 1. The molecule has 1 aliphatic rings. The highest BCUT2D eigenvalue weighted by Gasteiger charge is 2.18. The number of aryl methyl sites for hydroxylation is 1. The smallest absolute Gasteiger partial charge is 0.213 e. The molecule has 0 radical (unpaired) electrons. The summed E-state index contributed by atoms with van der Waals surface area (Å²) in [5.74, 6) is 0.0313. The molecule has 0 amide bonds. The standard InChI is InChI=1S/C14H23N3O3S/c1-11-9-12(15)4-5-14(11)16-6-8-21(18,19)17-10-13-3-2-7-20-13/h4-5,9,13,16-17H,2-3,6-8,10,15H2,1H3. The van der Waals surface area contributed by atoms with Crippen LogP contribution in [0.5, 0.6) is 0 Å². The first-order valence-electron chi connectivity index (χ1n) is 7.15. The minimum absolute atomic E-state index is 0.0204. The fourth-order valence-electron chi connectivity index (χ4n) is 2.30. The number of anilines is 2. The first-order valence-corrected chi connectivity index (χ1v) is 8.80. The van der Waals surface area contributed by atoms with Crippen molar-refractivity contribution in [3.63, 3.8) is 0 Å². The number of ether oxygens (including phenoxy) is 1. The highest BCUT2D eigenvalue weighted by atomic mass is 32.2. The quantitative estimate of drug-likeness (QED) is 0.655. The van der Waals surface area contributed by atoms with Crippen molar-refractivity contribution in [3.8, 4) is 0 Å². The molecule has 1 heterocycles. The van der Waals surface area contributed by atoms with Crippen LogP contribution in [0.1, 0.15) is 18.4 Å². The average molecular weight is 313 g/mol. The molecule has 1 atom stereocenters. The fraction of sp³-hybridized carbons (Fsp3) is 0.571. The molecule has 21 heavy (non-hydrogen) atoms. The third-order valence-electron chi connectivity index (χ3n) is 3.49. The molecule has 0 bridgehead atoms. The maximum atomic E-state index is 11.9. The molecule has 1 aromatic rings. The van der Waals surface area contributed by atoms with Gasteiger partial charge in [-0.05, 0) is 43.5 Å². The Morgan fingerprint density at radius 3 is 2.90 bits per heavy atom. The third kappa shape index (κ3) is 5.18. The van der Waals surface area contributed by atoms with E-state index >= 15 is 0 Å². The zero-order valence-electron chi connectivity index (χ0n) is 12.3. The molecule has 6 nitrogen and oxygen atoms in total. The van der Waals surface area contributed by atoms with Crippen molar-refractivity contribution in [2.24, 2.45) is 0 Å². The molecule has 0 saturated carbocycles. The summed E-state index contributed by atoms with van der Waals surface area (Å²) >= 11 is 0. The van der Waals surface area contributed by atoms with Gasteiger partial charge in [-0.3, -0.25) is 0 Å². The Bertz CT molecular complexity index is 569. The van der Waals surface area contributed by atoms with E-state index in [-0.39, 0.29) is 11.9 Å². The van der Waals surface area contributed by atoms with Gasteiger partial charge in [-0.15, -0.1) is 0 Å². The average Bonchev–Trinajstić information content (AvgIpc) is 2.92. The molecule has 1 fully saturated rings. The molecule has 1 unspecified atom stereocenters. The summed E-state index contributed by atoms with van der Waals surface area (Å²) in [4.78, 5) is 0. The van der Waals surface area contributed by atoms with Gasteiger partial charge in [-0.1, -0.05) is 0 Å². The number of rotatable bonds is 7. The number of nitrogen functional groups attached to an aromatic ring is 1. The van der Waals surface area contributed by atoms with Crippen LogP contribution in [0.4, 0.5) is 11.4 Å². The van der Waals surface area contributed by atoms with Crippen LogP contribution in [0.25, 0.3) is 0 Å². The minimum atomic E-state index is -3.28. The van der Waals surface area contributed by atoms with Gasteiger partial charge in [0.2, 0.25) is 10.0 Å². The lowest BCUT2D eigenvalue weighted by Gasteiger charge is -2.13. The highest BCUT2D eigenvalue weighted by Crippen LogP contribution is 2.17. The van der Waals surface area contributed by atoms with Gasteiger partial charge in [-0.2, -0.15) is 0 Å². The molecule has 4 N–H and O–H groups in total. The van der Waals surface area contributed by atoms with Crippen molar-refractivity contribution in [3.05, 3.63) is 23.8 Å². The van der Waals surface area contributed by atoms with Crippen molar-refractivity contribution in [1.29, 1.82) is 0 Å². The largest absolute Gasteiger partial charge is 0.399 e. The second-order valence-electron chi connectivity index (χ2n) is 5.30. The van der Waals surface area contributed by atoms with Crippen molar-refractivity contribution in [1.82, 2.24) is 4.72 Å². The number of nitrogens with two attached hydrogens (primary N) is 1. The van der Waals surface area contributed by atoms with Crippen LogP contribution in [0.15, 0.2) is 18.2 Å². The molecule has 1 aliphatic heterocycles. The monoisotopic (exact) mass is 313 g/mol. The van der Waals surface area contributed by atoms with E-state index in [9.17, 15) is 8.42 Å². The molecule has 1 aromatic carbocycles. The maximum Gasteiger partial charge on any atom is 0.213 e. The van der Waals surface area contributed by atoms with Crippen LogP contribution in [0, 0.1) is 6.92 Å². The van der Waals surface area contributed by atoms with Crippen molar-refractivity contribution in [2.45, 2.75) is 25.9 Å². The normalized spacial score (nSPS) is 18.8. The zero-order valence-corrected chi connectivity index (χ0v) is 13.1. The summed E-state index contributed by atoms with van der Waals surface area (Å²) in [5.41, 5.74) is 8.28. The van der Waals surface area contributed by atoms with Crippen LogP contribution < -0.4 is 15.8 Å². The summed E-state index contributed by atoms with van der Waals surface area (Å²) in [6.07, 6.45) is 1.95. The molecule has 1 saturated heterocycles. The van der Waals surface area contributed by atoms with Crippen LogP contribution in [0.2, 0.25) is 0 Å². The van der Waals surface area contributed by atoms with Gasteiger partial charge >= 0.3 is 0 Å². The van der Waals surface area contributed by atoms with Crippen molar-refractivity contribution >= 4 is 21.4 Å². The van der Waals surface area contributed by atoms with E-state index in [1.54, 1.807) is 6.07 Å². The molecule has 7 heteroatoms. The fourth-order valence-corrected chi connectivity index (χ4v) is 3.26. The number of hydrogen-bond acceptors (Lipinski definition) is 5. The third-order valence-corrected chi connectivity index (χ3v) is 4.84. The Labute approximate surface area is 126 Å². The summed E-state index contributed by atoms with van der Waals surface area (Å²) in [6.45, 7) is 3.38. The van der Waals surface area contributed by atoms with Gasteiger partial charge < -0.3 is 15.8 Å². The molecule has 0 aliphatic carbocycles. The van der Waals surface area contributed by atoms with E-state index in [4.69, 9.17) is 10.5 Å². The molecule has 0 aromatic heterocycles. The summed E-state index contributed by atoms with van der Waals surface area (Å²) in [5, 5.41) is 3.12. The molecule has 118 valence electrons. The summed E-state index contributed by atoms with van der Waals surface area (Å²) in [6, 6.07) is 5.50. The number of benzene rings is 1. The van der Waals surface area contributed by atoms with E-state index < -0.39 is 10.0 Å². The zero-order chi connectivity index (χ0) is 15.3. The Morgan fingerprint density at radius 2 is 2.24 bits per heavy atom. The van der Waals surface area contributed by atoms with Crippen LogP contribution in [-0.2, 0) is 14.8 Å². The van der Waals surface area contributed by atoms with Gasteiger partial charge in [0, 0.05) is 31.1 Å². The summed E-state index contributed by atoms with van der Waals surface area (Å²) < 4.78 is 31.8. The van der Waals surface area contributed by atoms with Crippen molar-refractivity contribution < 1.29 is 13.2 Å². The predicted molar refractivity (Wildman–Crippen MR) is 84.8 cm³/mol. The Kier molecular flexibility index (Phi) is 5.44. The predicted octanol–water partition coefficient (Wildman–Crippen LogP) is 1.09. The molecule has 0 spiro atoms. The topological polar surface area (TPSA) is 93.5 Å². The molecular weight excluding hydrogens is 290 g/mol. The van der Waals surface area contributed by atoms with E-state index in [0.29, 0.717) is 18.8 Å². The Balaban J connectivity index is 1.75. The second kappa shape index (κ2) is 7.11. The number of nitrogens with one attached hydrogen (secondary N) is 2. The Hall–Kier alpha value is -1.31. The van der Waals surface area contributed by atoms with E-state index in [0.717, 1.165) is 30.7 Å². The van der Waals surface area contributed by atoms with Gasteiger partial charge in [0.1, 0.15) is 0 Å². The van der Waals surface area contributed by atoms with Gasteiger partial charge in [0.05, 0.1) is 11.9 Å². The molecular formula is C14H23N3O3S. The Morgan fingerprint density at radius 1 is 1.43 bits per heavy atom. The lowest BCUT2D eigenvalue weighted by molar-refractivity contribution is 0.114. The van der Waals surface area contributed by atoms with E-state index in [2.05, 4.69) is 10.0 Å². The summed E-state index contributed by atoms with van der Waals surface area (Å²) in [7, 11) is -3.28. The first kappa shape index (κ1) is 16.1. The lowest BCUT2D eigenvalue weighted by Crippen LogP contribution is -2.35. The van der Waals surface area contributed by atoms with Gasteiger partial charge in [-0.25, -0.2) is 13.1 Å². The maximum absolute atomic E-state index is 11.9. The van der Waals surface area contributed by atoms with E-state index in [1.807, 2.05) is 19.1 Å². The number of hydrogen-bond donors (Lipinski definition) is 3. The van der Waals surface area contributed by atoms with E-state index in [1.165, 1.54) is 0 Å². The highest BCUT2D eigenvalue weighted by molar-refractivity contribution is 7.89. The minimum Gasteiger partial charge on any atom is -0.399 e. The van der Waals surface area contributed by atoms with Crippen LogP contribution in [0.3, 0.4) is 0 Å². The lowest BCUT2D eigenvalue weighted by atomic mass is 10.2. The molecule has 2 rings (SSSR count).